The normalized spacial score (nSPS) is 16.1. The molecule has 208 valence electrons. The Morgan fingerprint density at radius 2 is 1.92 bits per heavy atom. The van der Waals surface area contributed by atoms with Crippen molar-refractivity contribution in [1.29, 1.82) is 0 Å². The molecule has 2 aromatic carbocycles. The Labute approximate surface area is 230 Å². The zero-order valence-electron chi connectivity index (χ0n) is 21.6. The molecule has 1 fully saturated rings. The van der Waals surface area contributed by atoms with E-state index in [-0.39, 0.29) is 27.3 Å². The molecule has 2 atom stereocenters. The molecule has 0 unspecified atom stereocenters. The van der Waals surface area contributed by atoms with Crippen LogP contribution in [0.3, 0.4) is 0 Å². The number of aromatic nitrogens is 2. The summed E-state index contributed by atoms with van der Waals surface area (Å²) in [7, 11) is -2.68. The SMILES string of the molecule is Cc1c(NS(=O)(=O)c2ccc(Cl)c(C(=O)O[C@H](C)C(=O)NC[C@@H]3CCCO3)c2)c(=O)n(-c2ccccc2)n1C. The van der Waals surface area contributed by atoms with Gasteiger partial charge in [-0.15, -0.1) is 0 Å². The maximum absolute atomic E-state index is 13.3. The first-order valence-electron chi connectivity index (χ1n) is 12.3. The van der Waals surface area contributed by atoms with E-state index in [2.05, 4.69) is 10.0 Å². The highest BCUT2D eigenvalue weighted by Crippen LogP contribution is 2.24. The highest BCUT2D eigenvalue weighted by molar-refractivity contribution is 7.92. The number of benzene rings is 2. The Hall–Kier alpha value is -3.61. The minimum absolute atomic E-state index is 0.0618. The lowest BCUT2D eigenvalue weighted by Gasteiger charge is -2.16. The quantitative estimate of drug-likeness (QED) is 0.374. The molecule has 13 heteroatoms. The van der Waals surface area contributed by atoms with Crippen LogP contribution in [0.5, 0.6) is 0 Å². The van der Waals surface area contributed by atoms with Crippen LogP contribution in [0.1, 0.15) is 35.8 Å². The van der Waals surface area contributed by atoms with Gasteiger partial charge in [-0.2, -0.15) is 0 Å². The fraction of sp³-hybridized carbons (Fsp3) is 0.346. The van der Waals surface area contributed by atoms with Crippen molar-refractivity contribution in [1.82, 2.24) is 14.7 Å². The smallest absolute Gasteiger partial charge is 0.340 e. The molecule has 4 rings (SSSR count). The molecule has 0 bridgehead atoms. The molecule has 0 radical (unpaired) electrons. The Bertz CT molecular complexity index is 1540. The van der Waals surface area contributed by atoms with Gasteiger partial charge in [0, 0.05) is 20.2 Å². The van der Waals surface area contributed by atoms with Gasteiger partial charge in [-0.3, -0.25) is 19.0 Å². The van der Waals surface area contributed by atoms with Gasteiger partial charge in [-0.25, -0.2) is 17.9 Å². The summed E-state index contributed by atoms with van der Waals surface area (Å²) in [6.07, 6.45) is 0.523. The Morgan fingerprint density at radius 3 is 2.59 bits per heavy atom. The standard InChI is InChI=1S/C26H29ClN4O7S/c1-16-23(25(33)31(30(16)3)18-8-5-4-6-9-18)29-39(35,36)20-11-12-22(27)21(14-20)26(34)38-17(2)24(32)28-15-19-10-7-13-37-19/h4-6,8-9,11-12,14,17,19,29H,7,10,13,15H2,1-3H3,(H,28,32)/t17-,19+/m1/s1. The van der Waals surface area contributed by atoms with Gasteiger partial charge >= 0.3 is 5.97 Å². The van der Waals surface area contributed by atoms with Crippen LogP contribution in [0.4, 0.5) is 5.69 Å². The molecular weight excluding hydrogens is 548 g/mol. The average Bonchev–Trinajstić information content (AvgIpc) is 3.50. The summed E-state index contributed by atoms with van der Waals surface area (Å²) >= 11 is 6.16. The van der Waals surface area contributed by atoms with Gasteiger partial charge < -0.3 is 14.8 Å². The average molecular weight is 577 g/mol. The number of carbonyl (C=O) groups is 2. The molecule has 1 aliphatic heterocycles. The van der Waals surface area contributed by atoms with Gasteiger partial charge in [0.2, 0.25) is 0 Å². The minimum Gasteiger partial charge on any atom is -0.449 e. The summed E-state index contributed by atoms with van der Waals surface area (Å²) in [4.78, 5) is 38.0. The number of para-hydroxylation sites is 1. The molecule has 1 aliphatic rings. The summed E-state index contributed by atoms with van der Waals surface area (Å²) < 4.78 is 42.4. The minimum atomic E-state index is -4.32. The zero-order chi connectivity index (χ0) is 28.3. The number of nitrogens with one attached hydrogen (secondary N) is 2. The third kappa shape index (κ3) is 6.18. The van der Waals surface area contributed by atoms with Crippen LogP contribution < -0.4 is 15.6 Å². The number of anilines is 1. The van der Waals surface area contributed by atoms with Crippen LogP contribution in [0.2, 0.25) is 5.02 Å². The lowest BCUT2D eigenvalue weighted by molar-refractivity contribution is -0.129. The first-order chi connectivity index (χ1) is 18.5. The van der Waals surface area contributed by atoms with Crippen molar-refractivity contribution in [2.75, 3.05) is 17.9 Å². The molecule has 1 amide bonds. The summed E-state index contributed by atoms with van der Waals surface area (Å²) in [6.45, 7) is 3.94. The summed E-state index contributed by atoms with van der Waals surface area (Å²) in [5, 5.41) is 2.61. The van der Waals surface area contributed by atoms with Crippen molar-refractivity contribution in [3.05, 3.63) is 75.2 Å². The number of esters is 1. The molecule has 1 aromatic heterocycles. The summed E-state index contributed by atoms with van der Waals surface area (Å²) in [5.41, 5.74) is -0.0177. The van der Waals surface area contributed by atoms with Gasteiger partial charge in [0.05, 0.1) is 33.0 Å². The Balaban J connectivity index is 1.52. The fourth-order valence-corrected chi connectivity index (χ4v) is 5.48. The van der Waals surface area contributed by atoms with E-state index in [1.807, 2.05) is 0 Å². The van der Waals surface area contributed by atoms with Crippen molar-refractivity contribution in [2.45, 2.75) is 43.8 Å². The third-order valence-electron chi connectivity index (χ3n) is 6.44. The Kier molecular flexibility index (Phi) is 8.48. The van der Waals surface area contributed by atoms with Gasteiger partial charge in [0.25, 0.3) is 21.5 Å². The molecule has 11 nitrogen and oxygen atoms in total. The van der Waals surface area contributed by atoms with Crippen molar-refractivity contribution in [2.24, 2.45) is 7.05 Å². The predicted molar refractivity (Wildman–Crippen MR) is 145 cm³/mol. The lowest BCUT2D eigenvalue weighted by atomic mass is 10.2. The largest absolute Gasteiger partial charge is 0.449 e. The molecule has 0 spiro atoms. The molecule has 3 aromatic rings. The molecule has 2 N–H and O–H groups in total. The van der Waals surface area contributed by atoms with E-state index in [9.17, 15) is 22.8 Å². The second-order valence-electron chi connectivity index (χ2n) is 9.11. The highest BCUT2D eigenvalue weighted by Gasteiger charge is 2.26. The number of halogens is 1. The van der Waals surface area contributed by atoms with E-state index in [4.69, 9.17) is 21.1 Å². The number of hydrogen-bond donors (Lipinski definition) is 2. The van der Waals surface area contributed by atoms with Gasteiger partial charge in [0.15, 0.2) is 6.10 Å². The lowest BCUT2D eigenvalue weighted by Crippen LogP contribution is -2.39. The first-order valence-corrected chi connectivity index (χ1v) is 14.1. The third-order valence-corrected chi connectivity index (χ3v) is 8.12. The number of hydrogen-bond acceptors (Lipinski definition) is 7. The number of carbonyl (C=O) groups excluding carboxylic acids is 2. The number of rotatable bonds is 9. The van der Waals surface area contributed by atoms with Crippen molar-refractivity contribution >= 4 is 39.2 Å². The van der Waals surface area contributed by atoms with Crippen LogP contribution in [-0.4, -0.2) is 55.0 Å². The van der Waals surface area contributed by atoms with Crippen LogP contribution in [0.25, 0.3) is 5.69 Å². The van der Waals surface area contributed by atoms with E-state index in [1.165, 1.54) is 28.4 Å². The van der Waals surface area contributed by atoms with Crippen LogP contribution in [0.15, 0.2) is 58.2 Å². The molecule has 1 saturated heterocycles. The molecule has 39 heavy (non-hydrogen) atoms. The van der Waals surface area contributed by atoms with Gasteiger partial charge in [-0.05, 0) is 57.0 Å². The van der Waals surface area contributed by atoms with E-state index in [0.29, 0.717) is 24.5 Å². The maximum atomic E-state index is 13.3. The fourth-order valence-electron chi connectivity index (χ4n) is 4.15. The predicted octanol–water partition coefficient (Wildman–Crippen LogP) is 2.78. The van der Waals surface area contributed by atoms with E-state index in [0.717, 1.165) is 18.9 Å². The maximum Gasteiger partial charge on any atom is 0.340 e. The van der Waals surface area contributed by atoms with Crippen molar-refractivity contribution in [3.63, 3.8) is 0 Å². The van der Waals surface area contributed by atoms with Crippen LogP contribution in [0, 0.1) is 6.92 Å². The van der Waals surface area contributed by atoms with Gasteiger partial charge in [-0.1, -0.05) is 29.8 Å². The van der Waals surface area contributed by atoms with E-state index in [1.54, 1.807) is 44.3 Å². The second kappa shape index (κ2) is 11.6. The molecular formula is C26H29ClN4O7S. The Morgan fingerprint density at radius 1 is 1.21 bits per heavy atom. The molecule has 0 saturated carbocycles. The highest BCUT2D eigenvalue weighted by atomic mass is 35.5. The van der Waals surface area contributed by atoms with Crippen LogP contribution in [-0.2, 0) is 31.3 Å². The topological polar surface area (TPSA) is 138 Å². The van der Waals surface area contributed by atoms with E-state index < -0.39 is 33.6 Å². The number of nitrogens with zero attached hydrogens (tertiary/aromatic N) is 2. The monoisotopic (exact) mass is 576 g/mol. The van der Waals surface area contributed by atoms with Crippen molar-refractivity contribution < 1.29 is 27.5 Å². The number of amides is 1. The molecule has 2 heterocycles. The number of ether oxygens (including phenoxy) is 2. The van der Waals surface area contributed by atoms with Gasteiger partial charge in [0.1, 0.15) is 5.69 Å². The van der Waals surface area contributed by atoms with Crippen LogP contribution >= 0.6 is 11.6 Å². The van der Waals surface area contributed by atoms with E-state index >= 15 is 0 Å². The zero-order valence-corrected chi connectivity index (χ0v) is 23.2. The summed E-state index contributed by atoms with van der Waals surface area (Å²) in [5.74, 6) is -1.49. The number of sulfonamides is 1. The molecule has 0 aliphatic carbocycles. The van der Waals surface area contributed by atoms with Crippen molar-refractivity contribution in [3.8, 4) is 5.69 Å². The second-order valence-corrected chi connectivity index (χ2v) is 11.2. The first kappa shape index (κ1) is 28.4. The summed E-state index contributed by atoms with van der Waals surface area (Å²) in [6, 6.07) is 12.2.